The Bertz CT molecular complexity index is 4460. The minimum atomic E-state index is 0.723. The van der Waals surface area contributed by atoms with Crippen LogP contribution < -0.4 is 0 Å². The number of para-hydroxylation sites is 4. The van der Waals surface area contributed by atoms with Crippen LogP contribution in [0.25, 0.3) is 139 Å². The third-order valence-corrected chi connectivity index (χ3v) is 15.6. The zero-order valence-electron chi connectivity index (χ0n) is 42.6. The average molecular weight is 984 g/mol. The van der Waals surface area contributed by atoms with Gasteiger partial charge < -0.3 is 13.7 Å². The van der Waals surface area contributed by atoms with Gasteiger partial charge in [0.15, 0.2) is 5.82 Å². The summed E-state index contributed by atoms with van der Waals surface area (Å²) in [4.78, 5) is 10.2. The number of benzene rings is 11. The Kier molecular flexibility index (Phi) is 10.3. The molecule has 0 aliphatic carbocycles. The molecule has 362 valence electrons. The van der Waals surface area contributed by atoms with Crippen LogP contribution in [0.4, 0.5) is 0 Å². The van der Waals surface area contributed by atoms with E-state index in [9.17, 15) is 0 Å². The third-order valence-electron chi connectivity index (χ3n) is 15.6. The van der Waals surface area contributed by atoms with Gasteiger partial charge >= 0.3 is 0 Å². The van der Waals surface area contributed by atoms with Gasteiger partial charge in [0.1, 0.15) is 0 Å². The van der Waals surface area contributed by atoms with Crippen molar-refractivity contribution in [3.8, 4) is 73.2 Å². The van der Waals surface area contributed by atoms with Crippen LogP contribution >= 0.6 is 0 Å². The number of aromatic nitrogens is 5. The first-order valence-electron chi connectivity index (χ1n) is 26.4. The lowest BCUT2D eigenvalue weighted by Gasteiger charge is -2.12. The van der Waals surface area contributed by atoms with Crippen molar-refractivity contribution in [3.05, 3.63) is 272 Å². The van der Waals surface area contributed by atoms with Crippen molar-refractivity contribution >= 4 is 65.4 Å². The molecule has 77 heavy (non-hydrogen) atoms. The minimum Gasteiger partial charge on any atom is -0.309 e. The molecule has 4 heterocycles. The molecule has 15 rings (SSSR count). The van der Waals surface area contributed by atoms with E-state index in [-0.39, 0.29) is 0 Å². The van der Waals surface area contributed by atoms with E-state index in [2.05, 4.69) is 288 Å². The summed E-state index contributed by atoms with van der Waals surface area (Å²) in [6, 6.07) is 94.8. The molecule has 0 aliphatic heterocycles. The first kappa shape index (κ1) is 44.4. The molecule has 0 spiro atoms. The van der Waals surface area contributed by atoms with Crippen LogP contribution in [-0.2, 0) is 0 Å². The zero-order valence-corrected chi connectivity index (χ0v) is 42.6. The van der Waals surface area contributed by atoms with Gasteiger partial charge in [-0.2, -0.15) is 0 Å². The smallest absolute Gasteiger partial charge is 0.160 e. The normalized spacial score (nSPS) is 11.8. The maximum Gasteiger partial charge on any atom is 0.160 e. The first-order valence-corrected chi connectivity index (χ1v) is 26.4. The molecular formula is C72H49N5. The van der Waals surface area contributed by atoms with Crippen LogP contribution in [0.5, 0.6) is 0 Å². The molecule has 15 aromatic rings. The van der Waals surface area contributed by atoms with Gasteiger partial charge in [0.2, 0.25) is 0 Å². The molecule has 0 N–H and O–H groups in total. The lowest BCUT2D eigenvalue weighted by Crippen LogP contribution is -1.96. The van der Waals surface area contributed by atoms with Crippen LogP contribution in [0.3, 0.4) is 0 Å². The van der Waals surface area contributed by atoms with E-state index >= 15 is 0 Å². The lowest BCUT2D eigenvalue weighted by molar-refractivity contribution is 1.16. The van der Waals surface area contributed by atoms with Crippen molar-refractivity contribution < 1.29 is 0 Å². The molecule has 5 heteroatoms. The van der Waals surface area contributed by atoms with Gasteiger partial charge in [0.25, 0.3) is 0 Å². The standard InChI is InChI=1S/C72H49N5/c1-46-13-11-15-53(41-46)65-45-64(73-72(74-65)54-16-12-14-47(2)42-54)52-31-29-50(30-32-52)48-25-27-49(28-26-48)51-33-35-55(36-34-51)75-70-39-37-56(76-66-21-7-3-17-58(66)59-18-4-8-22-67(59)76)43-62(70)63-44-57(38-40-71(63)75)77-68-23-9-5-19-60(68)61-20-6-10-24-69(61)77/h3-45H,1-2H3. The summed E-state index contributed by atoms with van der Waals surface area (Å²) in [7, 11) is 0. The molecule has 0 aliphatic rings. The highest BCUT2D eigenvalue weighted by Gasteiger charge is 2.20. The highest BCUT2D eigenvalue weighted by molar-refractivity contribution is 6.14. The van der Waals surface area contributed by atoms with Crippen LogP contribution in [0.1, 0.15) is 11.1 Å². The number of aryl methyl sites for hydroxylation is 2. The third kappa shape index (κ3) is 7.46. The Morgan fingerprint density at radius 3 is 1.01 bits per heavy atom. The average Bonchev–Trinajstić information content (AvgIpc) is 4.19. The van der Waals surface area contributed by atoms with E-state index in [4.69, 9.17) is 9.97 Å². The maximum absolute atomic E-state index is 5.11. The summed E-state index contributed by atoms with van der Waals surface area (Å²) >= 11 is 0. The number of fused-ring (bicyclic) bond motifs is 9. The van der Waals surface area contributed by atoms with E-state index in [0.29, 0.717) is 0 Å². The summed E-state index contributed by atoms with van der Waals surface area (Å²) < 4.78 is 7.27. The highest BCUT2D eigenvalue weighted by Crippen LogP contribution is 2.40. The molecule has 0 bridgehead atoms. The fourth-order valence-corrected chi connectivity index (χ4v) is 11.9. The van der Waals surface area contributed by atoms with Gasteiger partial charge in [-0.25, -0.2) is 9.97 Å². The fourth-order valence-electron chi connectivity index (χ4n) is 11.9. The van der Waals surface area contributed by atoms with E-state index in [1.807, 2.05) is 0 Å². The fraction of sp³-hybridized carbons (Fsp3) is 0.0278. The van der Waals surface area contributed by atoms with Crippen molar-refractivity contribution in [3.63, 3.8) is 0 Å². The summed E-state index contributed by atoms with van der Waals surface area (Å²) in [6.45, 7) is 4.22. The van der Waals surface area contributed by atoms with Gasteiger partial charge in [0.05, 0.1) is 44.5 Å². The van der Waals surface area contributed by atoms with Crippen molar-refractivity contribution in [2.75, 3.05) is 0 Å². The zero-order chi connectivity index (χ0) is 51.1. The topological polar surface area (TPSA) is 40.6 Å². The molecule has 0 atom stereocenters. The van der Waals surface area contributed by atoms with E-state index in [1.165, 1.54) is 71.1 Å². The lowest BCUT2D eigenvalue weighted by atomic mass is 9.98. The quantitative estimate of drug-likeness (QED) is 0.152. The van der Waals surface area contributed by atoms with Crippen molar-refractivity contribution in [1.82, 2.24) is 23.7 Å². The number of nitrogens with zero attached hydrogens (tertiary/aromatic N) is 5. The van der Waals surface area contributed by atoms with Crippen molar-refractivity contribution in [2.45, 2.75) is 13.8 Å². The van der Waals surface area contributed by atoms with E-state index in [1.54, 1.807) is 0 Å². The predicted molar refractivity (Wildman–Crippen MR) is 322 cm³/mol. The Morgan fingerprint density at radius 1 is 0.234 bits per heavy atom. The SMILES string of the molecule is Cc1cccc(-c2cc(-c3ccc(-c4ccc(-c5ccc(-n6c7ccc(-n8c9ccccc9c9ccccc98)cc7c7cc(-n8c9ccccc9c9ccccc98)ccc76)cc5)cc4)cc3)nc(-c3cccc(C)c3)n2)c1. The van der Waals surface area contributed by atoms with Gasteiger partial charge in [0, 0.05) is 66.1 Å². The molecule has 0 amide bonds. The van der Waals surface area contributed by atoms with Gasteiger partial charge in [-0.15, -0.1) is 0 Å². The van der Waals surface area contributed by atoms with E-state index in [0.717, 1.165) is 78.7 Å². The Hall–Kier alpha value is -10.1. The molecule has 0 radical (unpaired) electrons. The van der Waals surface area contributed by atoms with Crippen molar-refractivity contribution in [1.29, 1.82) is 0 Å². The molecule has 11 aromatic carbocycles. The van der Waals surface area contributed by atoms with Crippen molar-refractivity contribution in [2.24, 2.45) is 0 Å². The molecule has 0 saturated heterocycles. The first-order chi connectivity index (χ1) is 38.0. The molecule has 4 aromatic heterocycles. The second kappa shape index (κ2) is 17.8. The second-order valence-corrected chi connectivity index (χ2v) is 20.4. The summed E-state index contributed by atoms with van der Waals surface area (Å²) in [6.07, 6.45) is 0. The van der Waals surface area contributed by atoms with Crippen LogP contribution in [0.2, 0.25) is 0 Å². The van der Waals surface area contributed by atoms with Crippen LogP contribution in [-0.4, -0.2) is 23.7 Å². The number of hydrogen-bond donors (Lipinski definition) is 0. The van der Waals surface area contributed by atoms with Gasteiger partial charge in [-0.05, 0) is 127 Å². The molecule has 5 nitrogen and oxygen atoms in total. The van der Waals surface area contributed by atoms with Crippen LogP contribution in [0.15, 0.2) is 261 Å². The molecule has 0 fully saturated rings. The second-order valence-electron chi connectivity index (χ2n) is 20.4. The number of rotatable bonds is 8. The van der Waals surface area contributed by atoms with E-state index < -0.39 is 0 Å². The predicted octanol–water partition coefficient (Wildman–Crippen LogP) is 18.7. The number of hydrogen-bond acceptors (Lipinski definition) is 2. The van der Waals surface area contributed by atoms with Crippen LogP contribution in [0, 0.1) is 13.8 Å². The molecule has 0 unspecified atom stereocenters. The Balaban J connectivity index is 0.785. The molecule has 0 saturated carbocycles. The van der Waals surface area contributed by atoms with Gasteiger partial charge in [-0.1, -0.05) is 181 Å². The summed E-state index contributed by atoms with van der Waals surface area (Å²) in [5.41, 5.74) is 22.4. The molecular weight excluding hydrogens is 935 g/mol. The summed E-state index contributed by atoms with van der Waals surface area (Å²) in [5.74, 6) is 0.723. The highest BCUT2D eigenvalue weighted by atomic mass is 15.0. The Labute approximate surface area is 445 Å². The minimum absolute atomic E-state index is 0.723. The maximum atomic E-state index is 5.11. The largest absolute Gasteiger partial charge is 0.309 e. The monoisotopic (exact) mass is 983 g/mol. The Morgan fingerprint density at radius 2 is 0.571 bits per heavy atom. The van der Waals surface area contributed by atoms with Gasteiger partial charge in [-0.3, -0.25) is 0 Å². The summed E-state index contributed by atoms with van der Waals surface area (Å²) in [5, 5.41) is 7.41.